The minimum Gasteiger partial charge on any atom is -0.507 e. The Morgan fingerprint density at radius 1 is 1.09 bits per heavy atom. The molecule has 1 aromatic rings. The van der Waals surface area contributed by atoms with Crippen LogP contribution in [-0.4, -0.2) is 5.11 Å². The molecule has 1 N–H and O–H groups in total. The van der Waals surface area contributed by atoms with Crippen LogP contribution in [0.3, 0.4) is 0 Å². The van der Waals surface area contributed by atoms with Gasteiger partial charge in [-0.25, -0.2) is 0 Å². The molecule has 1 rings (SSSR count). The second-order valence-electron chi connectivity index (χ2n) is 5.69. The molecule has 2 heteroatoms. The van der Waals surface area contributed by atoms with Crippen LogP contribution in [0.2, 0.25) is 0 Å². The summed E-state index contributed by atoms with van der Waals surface area (Å²) in [5, 5.41) is 10.4. The number of halogens is 1. The summed E-state index contributed by atoms with van der Waals surface area (Å²) in [5.74, 6) is 0.330. The molecule has 0 heterocycles. The van der Waals surface area contributed by atoms with E-state index in [4.69, 9.17) is 11.6 Å². The molecule has 0 saturated heterocycles. The summed E-state index contributed by atoms with van der Waals surface area (Å²) in [4.78, 5) is -0.461. The fraction of sp³-hybridized carbons (Fsp3) is 0.400. The maximum atomic E-state index is 10.4. The lowest BCUT2D eigenvalue weighted by atomic mass is 9.86. The first kappa shape index (κ1) is 18.6. The summed E-state index contributed by atoms with van der Waals surface area (Å²) in [6.45, 7) is 13.5. The van der Waals surface area contributed by atoms with Crippen molar-refractivity contribution in [3.05, 3.63) is 66.8 Å². The molecule has 120 valence electrons. The standard InChI is InChI=1S/C20H27ClO/c1-5-9-13-20(21,12-8-4)18-14-16(10-6-2)19(22)17(15-18)11-7-3/h6-8,14-15,22H,2-5,9-13H2,1H3. The average molecular weight is 319 g/mol. The molecule has 0 bridgehead atoms. The van der Waals surface area contributed by atoms with Gasteiger partial charge in [-0.05, 0) is 42.4 Å². The van der Waals surface area contributed by atoms with E-state index in [1.165, 1.54) is 0 Å². The molecule has 0 aliphatic carbocycles. The van der Waals surface area contributed by atoms with Crippen molar-refractivity contribution in [2.45, 2.75) is 50.3 Å². The number of aromatic hydroxyl groups is 1. The van der Waals surface area contributed by atoms with E-state index in [0.717, 1.165) is 36.0 Å². The van der Waals surface area contributed by atoms with Crippen molar-refractivity contribution in [1.29, 1.82) is 0 Å². The number of unbranched alkanes of at least 4 members (excludes halogenated alkanes) is 1. The first-order valence-corrected chi connectivity index (χ1v) is 8.27. The van der Waals surface area contributed by atoms with Crippen molar-refractivity contribution >= 4 is 11.6 Å². The van der Waals surface area contributed by atoms with Gasteiger partial charge in [-0.2, -0.15) is 0 Å². The molecule has 0 radical (unpaired) electrons. The summed E-state index contributed by atoms with van der Waals surface area (Å²) in [7, 11) is 0. The number of phenols is 1. The highest BCUT2D eigenvalue weighted by molar-refractivity contribution is 6.24. The van der Waals surface area contributed by atoms with E-state index < -0.39 is 4.87 Å². The van der Waals surface area contributed by atoms with E-state index in [-0.39, 0.29) is 0 Å². The first-order chi connectivity index (χ1) is 10.5. The van der Waals surface area contributed by atoms with Crippen LogP contribution in [0.1, 0.15) is 49.3 Å². The zero-order valence-electron chi connectivity index (χ0n) is 13.6. The van der Waals surface area contributed by atoms with Crippen LogP contribution in [-0.2, 0) is 17.7 Å². The van der Waals surface area contributed by atoms with Crippen LogP contribution >= 0.6 is 11.6 Å². The van der Waals surface area contributed by atoms with Crippen LogP contribution < -0.4 is 0 Å². The van der Waals surface area contributed by atoms with Gasteiger partial charge in [-0.1, -0.05) is 50.1 Å². The molecule has 1 nitrogen and oxygen atoms in total. The van der Waals surface area contributed by atoms with Crippen molar-refractivity contribution in [2.75, 3.05) is 0 Å². The van der Waals surface area contributed by atoms with E-state index >= 15 is 0 Å². The molecular formula is C20H27ClO. The van der Waals surface area contributed by atoms with Crippen LogP contribution in [0.15, 0.2) is 50.1 Å². The maximum Gasteiger partial charge on any atom is 0.122 e. The Bertz CT molecular complexity index is 502. The molecule has 0 saturated carbocycles. The Hall–Kier alpha value is -1.47. The summed E-state index contributed by atoms with van der Waals surface area (Å²) in [6.07, 6.45) is 10.5. The number of benzene rings is 1. The second-order valence-corrected chi connectivity index (χ2v) is 6.41. The highest BCUT2D eigenvalue weighted by Crippen LogP contribution is 2.41. The largest absolute Gasteiger partial charge is 0.507 e. The van der Waals surface area contributed by atoms with Crippen molar-refractivity contribution < 1.29 is 5.11 Å². The quantitative estimate of drug-likeness (QED) is 0.411. The van der Waals surface area contributed by atoms with Gasteiger partial charge in [0.25, 0.3) is 0 Å². The van der Waals surface area contributed by atoms with E-state index in [1.807, 2.05) is 18.2 Å². The van der Waals surface area contributed by atoms with Gasteiger partial charge in [0.15, 0.2) is 0 Å². The SMILES string of the molecule is C=CCc1cc(C(Cl)(CC=C)CCCC)cc(CC=C)c1O. The Balaban J connectivity index is 3.37. The van der Waals surface area contributed by atoms with E-state index in [0.29, 0.717) is 25.0 Å². The third-order valence-corrected chi connectivity index (χ3v) is 4.47. The second kappa shape index (κ2) is 8.85. The highest BCUT2D eigenvalue weighted by atomic mass is 35.5. The van der Waals surface area contributed by atoms with Crippen LogP contribution in [0.4, 0.5) is 0 Å². The fourth-order valence-corrected chi connectivity index (χ4v) is 3.04. The van der Waals surface area contributed by atoms with Crippen molar-refractivity contribution in [3.63, 3.8) is 0 Å². The third-order valence-electron chi connectivity index (χ3n) is 3.91. The lowest BCUT2D eigenvalue weighted by molar-refractivity contribution is 0.461. The Labute approximate surface area is 140 Å². The van der Waals surface area contributed by atoms with E-state index in [2.05, 4.69) is 26.7 Å². The number of rotatable bonds is 10. The summed E-state index contributed by atoms with van der Waals surface area (Å²) < 4.78 is 0. The molecule has 0 aliphatic heterocycles. The third kappa shape index (κ3) is 4.51. The predicted molar refractivity (Wildman–Crippen MR) is 97.8 cm³/mol. The van der Waals surface area contributed by atoms with Gasteiger partial charge >= 0.3 is 0 Å². The highest BCUT2D eigenvalue weighted by Gasteiger charge is 2.29. The Morgan fingerprint density at radius 2 is 1.64 bits per heavy atom. The minimum absolute atomic E-state index is 0.330. The number of alkyl halides is 1. The molecule has 0 aliphatic rings. The number of hydrogen-bond acceptors (Lipinski definition) is 1. The molecule has 22 heavy (non-hydrogen) atoms. The van der Waals surface area contributed by atoms with Crippen LogP contribution in [0.25, 0.3) is 0 Å². The Morgan fingerprint density at radius 3 is 2.05 bits per heavy atom. The zero-order chi connectivity index (χ0) is 16.6. The van der Waals surface area contributed by atoms with Crippen LogP contribution in [0.5, 0.6) is 5.75 Å². The maximum absolute atomic E-state index is 10.4. The zero-order valence-corrected chi connectivity index (χ0v) is 14.3. The molecule has 1 aromatic carbocycles. The summed E-state index contributed by atoms with van der Waals surface area (Å²) in [6, 6.07) is 4.02. The lowest BCUT2D eigenvalue weighted by Gasteiger charge is -2.28. The topological polar surface area (TPSA) is 20.2 Å². The van der Waals surface area contributed by atoms with Crippen molar-refractivity contribution in [1.82, 2.24) is 0 Å². The van der Waals surface area contributed by atoms with Gasteiger partial charge in [0.05, 0.1) is 4.87 Å². The van der Waals surface area contributed by atoms with Gasteiger partial charge in [-0.15, -0.1) is 31.3 Å². The first-order valence-electron chi connectivity index (χ1n) is 7.89. The van der Waals surface area contributed by atoms with Crippen LogP contribution in [0, 0.1) is 0 Å². The van der Waals surface area contributed by atoms with Crippen molar-refractivity contribution in [3.8, 4) is 5.75 Å². The number of hydrogen-bond donors (Lipinski definition) is 1. The monoisotopic (exact) mass is 318 g/mol. The van der Waals surface area contributed by atoms with Gasteiger partial charge in [0, 0.05) is 0 Å². The van der Waals surface area contributed by atoms with Gasteiger partial charge in [-0.3, -0.25) is 0 Å². The molecule has 1 unspecified atom stereocenters. The number of allylic oxidation sites excluding steroid dienone is 3. The summed E-state index contributed by atoms with van der Waals surface area (Å²) >= 11 is 6.94. The van der Waals surface area contributed by atoms with Gasteiger partial charge < -0.3 is 5.11 Å². The van der Waals surface area contributed by atoms with Crippen molar-refractivity contribution in [2.24, 2.45) is 0 Å². The van der Waals surface area contributed by atoms with Gasteiger partial charge in [0.2, 0.25) is 0 Å². The van der Waals surface area contributed by atoms with E-state index in [9.17, 15) is 5.11 Å². The molecule has 1 atom stereocenters. The molecule has 0 aromatic heterocycles. The fourth-order valence-electron chi connectivity index (χ4n) is 2.69. The summed E-state index contributed by atoms with van der Waals surface area (Å²) in [5.41, 5.74) is 2.79. The van der Waals surface area contributed by atoms with Gasteiger partial charge in [0.1, 0.15) is 5.75 Å². The molecular weight excluding hydrogens is 292 g/mol. The normalized spacial score (nSPS) is 13.4. The lowest BCUT2D eigenvalue weighted by Crippen LogP contribution is -2.18. The Kier molecular flexibility index (Phi) is 7.47. The number of phenolic OH excluding ortho intramolecular Hbond substituents is 1. The molecule has 0 spiro atoms. The molecule has 0 fully saturated rings. The average Bonchev–Trinajstić information content (AvgIpc) is 2.49. The molecule has 0 amide bonds. The van der Waals surface area contributed by atoms with E-state index in [1.54, 1.807) is 12.2 Å². The minimum atomic E-state index is -0.461. The predicted octanol–water partition coefficient (Wildman–Crippen LogP) is 6.05. The smallest absolute Gasteiger partial charge is 0.122 e.